The molecule has 0 aliphatic rings. The molecule has 0 aliphatic heterocycles. The Morgan fingerprint density at radius 1 is 1.28 bits per heavy atom. The Morgan fingerprint density at radius 3 is 2.33 bits per heavy atom. The molecule has 1 aromatic carbocycles. The summed E-state index contributed by atoms with van der Waals surface area (Å²) in [5.41, 5.74) is 7.35. The summed E-state index contributed by atoms with van der Waals surface area (Å²) < 4.78 is 0. The van der Waals surface area contributed by atoms with E-state index in [9.17, 15) is 4.79 Å². The summed E-state index contributed by atoms with van der Waals surface area (Å²) in [6.45, 7) is 8.44. The molecule has 0 aliphatic carbocycles. The maximum atomic E-state index is 12.3. The summed E-state index contributed by atoms with van der Waals surface area (Å²) in [6, 6.07) is 7.57. The maximum Gasteiger partial charge on any atom is 0.253 e. The summed E-state index contributed by atoms with van der Waals surface area (Å²) in [5, 5.41) is 0. The van der Waals surface area contributed by atoms with E-state index in [0.29, 0.717) is 12.5 Å². The van der Waals surface area contributed by atoms with Crippen molar-refractivity contribution in [2.24, 2.45) is 11.7 Å². The Balaban J connectivity index is 2.76. The largest absolute Gasteiger partial charge is 0.339 e. The van der Waals surface area contributed by atoms with Gasteiger partial charge in [0.2, 0.25) is 0 Å². The Bertz CT molecular complexity index is 373. The van der Waals surface area contributed by atoms with E-state index in [4.69, 9.17) is 5.73 Å². The van der Waals surface area contributed by atoms with Crippen molar-refractivity contribution in [3.63, 3.8) is 0 Å². The zero-order valence-corrected chi connectivity index (χ0v) is 11.6. The lowest BCUT2D eigenvalue weighted by Gasteiger charge is -2.24. The Hall–Kier alpha value is -1.35. The number of carbonyl (C=O) groups excluding carboxylic acids is 1. The highest BCUT2D eigenvalue weighted by Gasteiger charge is 2.15. The van der Waals surface area contributed by atoms with Crippen molar-refractivity contribution in [2.75, 3.05) is 13.1 Å². The smallest absolute Gasteiger partial charge is 0.253 e. The van der Waals surface area contributed by atoms with E-state index in [0.717, 1.165) is 30.6 Å². The first kappa shape index (κ1) is 14.7. The number of hydrogen-bond acceptors (Lipinski definition) is 2. The molecule has 2 N–H and O–H groups in total. The van der Waals surface area contributed by atoms with Gasteiger partial charge in [0, 0.05) is 25.2 Å². The second kappa shape index (κ2) is 7.17. The van der Waals surface area contributed by atoms with Crippen LogP contribution >= 0.6 is 0 Å². The van der Waals surface area contributed by atoms with Crippen LogP contribution < -0.4 is 5.73 Å². The van der Waals surface area contributed by atoms with Gasteiger partial charge in [0.1, 0.15) is 0 Å². The number of nitrogens with two attached hydrogens (primary N) is 1. The third kappa shape index (κ3) is 3.84. The quantitative estimate of drug-likeness (QED) is 0.841. The lowest BCUT2D eigenvalue weighted by molar-refractivity contribution is 0.0741. The average molecular weight is 248 g/mol. The van der Waals surface area contributed by atoms with Crippen molar-refractivity contribution in [2.45, 2.75) is 33.7 Å². The molecule has 18 heavy (non-hydrogen) atoms. The molecule has 0 spiro atoms. The first-order valence-corrected chi connectivity index (χ1v) is 6.70. The zero-order valence-electron chi connectivity index (χ0n) is 11.6. The molecule has 100 valence electrons. The normalized spacial score (nSPS) is 12.2. The zero-order chi connectivity index (χ0) is 13.5. The van der Waals surface area contributed by atoms with Crippen LogP contribution in [0.4, 0.5) is 0 Å². The fraction of sp³-hybridized carbons (Fsp3) is 0.533. The van der Waals surface area contributed by atoms with Crippen LogP contribution in [0.1, 0.15) is 43.1 Å². The summed E-state index contributed by atoms with van der Waals surface area (Å²) in [4.78, 5) is 14.2. The Kier molecular flexibility index (Phi) is 5.86. The van der Waals surface area contributed by atoms with Crippen LogP contribution in [0.25, 0.3) is 0 Å². The monoisotopic (exact) mass is 248 g/mol. The molecular weight excluding hydrogens is 224 g/mol. The van der Waals surface area contributed by atoms with Gasteiger partial charge in [0.15, 0.2) is 0 Å². The second-order valence-electron chi connectivity index (χ2n) is 4.76. The summed E-state index contributed by atoms with van der Waals surface area (Å²) in [7, 11) is 0. The van der Waals surface area contributed by atoms with Crippen LogP contribution in [-0.4, -0.2) is 23.9 Å². The van der Waals surface area contributed by atoms with Crippen LogP contribution in [0.5, 0.6) is 0 Å². The third-order valence-electron chi connectivity index (χ3n) is 3.33. The summed E-state index contributed by atoms with van der Waals surface area (Å²) in [6.07, 6.45) is 1.09. The lowest BCUT2D eigenvalue weighted by Crippen LogP contribution is -2.34. The van der Waals surface area contributed by atoms with Crippen molar-refractivity contribution in [3.05, 3.63) is 35.4 Å². The molecule has 0 saturated heterocycles. The summed E-state index contributed by atoms with van der Waals surface area (Å²) in [5.74, 6) is 0.651. The molecule has 1 aromatic rings. The van der Waals surface area contributed by atoms with Gasteiger partial charge in [-0.15, -0.1) is 0 Å². The fourth-order valence-electron chi connectivity index (χ4n) is 1.83. The minimum atomic E-state index is 0.112. The number of carbonyl (C=O) groups is 1. The minimum Gasteiger partial charge on any atom is -0.339 e. The number of rotatable bonds is 6. The SMILES string of the molecule is CCC(C)CN(CC)C(=O)c1ccc(CN)cc1. The van der Waals surface area contributed by atoms with Gasteiger partial charge in [0.25, 0.3) is 5.91 Å². The number of nitrogens with zero attached hydrogens (tertiary/aromatic N) is 1. The van der Waals surface area contributed by atoms with Crippen LogP contribution in [0.2, 0.25) is 0 Å². The molecule has 1 rings (SSSR count). The van der Waals surface area contributed by atoms with Gasteiger partial charge in [-0.25, -0.2) is 0 Å². The van der Waals surface area contributed by atoms with Crippen molar-refractivity contribution < 1.29 is 4.79 Å². The molecule has 3 nitrogen and oxygen atoms in total. The number of amides is 1. The highest BCUT2D eigenvalue weighted by Crippen LogP contribution is 2.11. The predicted molar refractivity (Wildman–Crippen MR) is 75.4 cm³/mol. The van der Waals surface area contributed by atoms with Crippen LogP contribution in [0, 0.1) is 5.92 Å². The molecule has 1 unspecified atom stereocenters. The van der Waals surface area contributed by atoms with E-state index >= 15 is 0 Å². The van der Waals surface area contributed by atoms with Crippen molar-refractivity contribution >= 4 is 5.91 Å². The van der Waals surface area contributed by atoms with Gasteiger partial charge in [-0.05, 0) is 30.5 Å². The molecule has 0 bridgehead atoms. The average Bonchev–Trinajstić information content (AvgIpc) is 2.43. The Morgan fingerprint density at radius 2 is 1.89 bits per heavy atom. The molecular formula is C15H24N2O. The van der Waals surface area contributed by atoms with E-state index in [1.165, 1.54) is 0 Å². The van der Waals surface area contributed by atoms with Crippen LogP contribution in [-0.2, 0) is 6.54 Å². The molecule has 0 fully saturated rings. The summed E-state index contributed by atoms with van der Waals surface area (Å²) >= 11 is 0. The first-order valence-electron chi connectivity index (χ1n) is 6.70. The second-order valence-corrected chi connectivity index (χ2v) is 4.76. The molecule has 1 amide bonds. The highest BCUT2D eigenvalue weighted by atomic mass is 16.2. The maximum absolute atomic E-state index is 12.3. The van der Waals surface area contributed by atoms with Crippen molar-refractivity contribution in [1.29, 1.82) is 0 Å². The van der Waals surface area contributed by atoms with Gasteiger partial charge in [-0.1, -0.05) is 32.4 Å². The van der Waals surface area contributed by atoms with Gasteiger partial charge in [0.05, 0.1) is 0 Å². The molecule has 0 aromatic heterocycles. The third-order valence-corrected chi connectivity index (χ3v) is 3.33. The first-order chi connectivity index (χ1) is 8.62. The predicted octanol–water partition coefficient (Wildman–Crippen LogP) is 2.65. The van der Waals surface area contributed by atoms with Crippen LogP contribution in [0.3, 0.4) is 0 Å². The molecule has 3 heteroatoms. The molecule has 0 saturated carbocycles. The number of benzene rings is 1. The fourth-order valence-corrected chi connectivity index (χ4v) is 1.83. The minimum absolute atomic E-state index is 0.112. The molecule has 0 heterocycles. The van der Waals surface area contributed by atoms with Crippen molar-refractivity contribution in [3.8, 4) is 0 Å². The number of hydrogen-bond donors (Lipinski definition) is 1. The van der Waals surface area contributed by atoms with Crippen LogP contribution in [0.15, 0.2) is 24.3 Å². The van der Waals surface area contributed by atoms with Crippen molar-refractivity contribution in [1.82, 2.24) is 4.90 Å². The molecule has 0 radical (unpaired) electrons. The van der Waals surface area contributed by atoms with E-state index in [1.54, 1.807) is 0 Å². The Labute approximate surface area is 110 Å². The van der Waals surface area contributed by atoms with Gasteiger partial charge in [-0.2, -0.15) is 0 Å². The molecule has 1 atom stereocenters. The van der Waals surface area contributed by atoms with E-state index in [2.05, 4.69) is 13.8 Å². The topological polar surface area (TPSA) is 46.3 Å². The highest BCUT2D eigenvalue weighted by molar-refractivity contribution is 5.94. The standard InChI is InChI=1S/C15H24N2O/c1-4-12(3)11-17(5-2)15(18)14-8-6-13(10-16)7-9-14/h6-9,12H,4-5,10-11,16H2,1-3H3. The van der Waals surface area contributed by atoms with E-state index in [1.807, 2.05) is 36.1 Å². The lowest BCUT2D eigenvalue weighted by atomic mass is 10.1. The van der Waals surface area contributed by atoms with Gasteiger partial charge >= 0.3 is 0 Å². The van der Waals surface area contributed by atoms with Gasteiger partial charge < -0.3 is 10.6 Å². The van der Waals surface area contributed by atoms with E-state index < -0.39 is 0 Å². The van der Waals surface area contributed by atoms with Gasteiger partial charge in [-0.3, -0.25) is 4.79 Å². The van der Waals surface area contributed by atoms with E-state index in [-0.39, 0.29) is 5.91 Å².